The van der Waals surface area contributed by atoms with Crippen molar-refractivity contribution in [3.8, 4) is 11.5 Å². The summed E-state index contributed by atoms with van der Waals surface area (Å²) in [6.07, 6.45) is 5.73. The number of hydrogen-bond acceptors (Lipinski definition) is 6. The summed E-state index contributed by atoms with van der Waals surface area (Å²) >= 11 is 0. The van der Waals surface area contributed by atoms with Crippen LogP contribution in [0.25, 0.3) is 11.5 Å². The molecule has 0 aliphatic heterocycles. The van der Waals surface area contributed by atoms with Crippen LogP contribution in [0.5, 0.6) is 0 Å². The van der Waals surface area contributed by atoms with Gasteiger partial charge in [-0.2, -0.15) is 0 Å². The number of aryl methyl sites for hydroxylation is 1. The van der Waals surface area contributed by atoms with Crippen LogP contribution in [0.15, 0.2) is 70.9 Å². The van der Waals surface area contributed by atoms with Crippen molar-refractivity contribution in [2.45, 2.75) is 6.92 Å². The van der Waals surface area contributed by atoms with E-state index in [1.54, 1.807) is 53.4 Å². The maximum Gasteiger partial charge on any atom is 0.333 e. The van der Waals surface area contributed by atoms with Crippen LogP contribution in [0, 0.1) is 6.92 Å². The largest absolute Gasteiger partial charge is 0.333 e. The monoisotopic (exact) mass is 389 g/mol. The lowest BCUT2D eigenvalue weighted by atomic mass is 10.2. The Morgan fingerprint density at radius 1 is 1.10 bits per heavy atom. The average molecular weight is 389 g/mol. The summed E-state index contributed by atoms with van der Waals surface area (Å²) in [6, 6.07) is 9.88. The summed E-state index contributed by atoms with van der Waals surface area (Å²) in [6.45, 7) is 1.81. The Hall–Kier alpha value is -4.34. The van der Waals surface area contributed by atoms with Gasteiger partial charge in [-0.25, -0.2) is 24.3 Å². The first-order chi connectivity index (χ1) is 14.0. The number of carbonyl (C=O) groups is 1. The molecule has 0 aliphatic rings. The quantitative estimate of drug-likeness (QED) is 0.537. The van der Waals surface area contributed by atoms with Crippen molar-refractivity contribution < 1.29 is 4.79 Å². The van der Waals surface area contributed by atoms with Crippen molar-refractivity contribution in [2.75, 3.05) is 5.32 Å². The van der Waals surface area contributed by atoms with Crippen LogP contribution in [0.1, 0.15) is 16.2 Å². The fraction of sp³-hybridized carbons (Fsp3) is 0.0526. The van der Waals surface area contributed by atoms with E-state index in [-0.39, 0.29) is 11.4 Å². The number of nitrogens with zero attached hydrogens (tertiary/aromatic N) is 5. The summed E-state index contributed by atoms with van der Waals surface area (Å²) in [4.78, 5) is 52.3. The Kier molecular flexibility index (Phi) is 4.57. The van der Waals surface area contributed by atoms with Crippen LogP contribution in [-0.4, -0.2) is 35.0 Å². The molecule has 3 aromatic heterocycles. The number of aromatic amines is 1. The van der Waals surface area contributed by atoms with Gasteiger partial charge >= 0.3 is 5.69 Å². The maximum atomic E-state index is 12.8. The number of imidazole rings is 1. The standard InChI is InChI=1S/C19H15N7O3/c1-12-20-7-8-25(12)16-9-15(22-11-23-16)24-17(27)14-10-21-19(29)26(18(14)28)13-5-3-2-4-6-13/h2-11H,1H3,(H,21,29)(H,22,23,24,27). The molecule has 0 aliphatic carbocycles. The molecule has 29 heavy (non-hydrogen) atoms. The molecule has 0 spiro atoms. The van der Waals surface area contributed by atoms with E-state index in [0.717, 1.165) is 10.8 Å². The topological polar surface area (TPSA) is 128 Å². The molecule has 4 aromatic rings. The van der Waals surface area contributed by atoms with E-state index in [9.17, 15) is 14.4 Å². The van der Waals surface area contributed by atoms with Crippen LogP contribution in [0.4, 0.5) is 5.82 Å². The molecule has 0 saturated heterocycles. The second-order valence-electron chi connectivity index (χ2n) is 6.04. The van der Waals surface area contributed by atoms with Gasteiger partial charge in [0.2, 0.25) is 0 Å². The molecule has 4 rings (SSSR count). The van der Waals surface area contributed by atoms with Gasteiger partial charge in [-0.15, -0.1) is 0 Å². The summed E-state index contributed by atoms with van der Waals surface area (Å²) in [5.41, 5.74) is -1.25. The van der Waals surface area contributed by atoms with Crippen molar-refractivity contribution in [2.24, 2.45) is 0 Å². The lowest BCUT2D eigenvalue weighted by Gasteiger charge is -2.09. The summed E-state index contributed by atoms with van der Waals surface area (Å²) < 4.78 is 2.62. The van der Waals surface area contributed by atoms with E-state index in [1.807, 2.05) is 6.92 Å². The average Bonchev–Trinajstić information content (AvgIpc) is 3.15. The highest BCUT2D eigenvalue weighted by Crippen LogP contribution is 2.11. The first-order valence-corrected chi connectivity index (χ1v) is 8.58. The number of hydrogen-bond donors (Lipinski definition) is 2. The normalized spacial score (nSPS) is 10.7. The third-order valence-corrected chi connectivity index (χ3v) is 4.20. The molecule has 0 radical (unpaired) electrons. The number of aromatic nitrogens is 6. The van der Waals surface area contributed by atoms with Gasteiger partial charge in [0, 0.05) is 24.7 Å². The highest BCUT2D eigenvalue weighted by Gasteiger charge is 2.17. The number of para-hydroxylation sites is 1. The van der Waals surface area contributed by atoms with Crippen LogP contribution in [0.3, 0.4) is 0 Å². The predicted octanol–water partition coefficient (Wildman–Crippen LogP) is 1.06. The van der Waals surface area contributed by atoms with Gasteiger partial charge in [-0.1, -0.05) is 18.2 Å². The number of anilines is 1. The minimum atomic E-state index is -0.739. The highest BCUT2D eigenvalue weighted by atomic mass is 16.2. The van der Waals surface area contributed by atoms with Crippen LogP contribution in [0.2, 0.25) is 0 Å². The fourth-order valence-electron chi connectivity index (χ4n) is 2.80. The molecule has 0 atom stereocenters. The zero-order valence-electron chi connectivity index (χ0n) is 15.2. The number of rotatable bonds is 4. The second-order valence-corrected chi connectivity index (χ2v) is 6.04. The Bertz CT molecular complexity index is 1310. The van der Waals surface area contributed by atoms with Gasteiger partial charge in [-0.3, -0.25) is 14.2 Å². The van der Waals surface area contributed by atoms with E-state index in [0.29, 0.717) is 17.3 Å². The Morgan fingerprint density at radius 2 is 1.90 bits per heavy atom. The molecule has 10 heteroatoms. The minimum absolute atomic E-state index is 0.199. The van der Waals surface area contributed by atoms with Gasteiger partial charge in [0.1, 0.15) is 29.4 Å². The van der Waals surface area contributed by atoms with Crippen molar-refractivity contribution >= 4 is 11.7 Å². The van der Waals surface area contributed by atoms with E-state index < -0.39 is 17.2 Å². The number of carbonyl (C=O) groups excluding carboxylic acids is 1. The molecule has 2 N–H and O–H groups in total. The van der Waals surface area contributed by atoms with Crippen molar-refractivity contribution in [3.63, 3.8) is 0 Å². The Balaban J connectivity index is 1.68. The lowest BCUT2D eigenvalue weighted by Crippen LogP contribution is -2.38. The van der Waals surface area contributed by atoms with Crippen LogP contribution < -0.4 is 16.6 Å². The maximum absolute atomic E-state index is 12.8. The molecular weight excluding hydrogens is 374 g/mol. The van der Waals surface area contributed by atoms with Gasteiger partial charge in [0.15, 0.2) is 0 Å². The highest BCUT2D eigenvalue weighted by molar-refractivity contribution is 6.03. The smallest absolute Gasteiger partial charge is 0.313 e. The lowest BCUT2D eigenvalue weighted by molar-refractivity contribution is 0.102. The number of amides is 1. The van der Waals surface area contributed by atoms with E-state index >= 15 is 0 Å². The molecule has 0 fully saturated rings. The van der Waals surface area contributed by atoms with Crippen LogP contribution >= 0.6 is 0 Å². The van der Waals surface area contributed by atoms with Gasteiger partial charge < -0.3 is 10.3 Å². The predicted molar refractivity (Wildman–Crippen MR) is 105 cm³/mol. The third-order valence-electron chi connectivity index (χ3n) is 4.20. The molecule has 0 saturated carbocycles. The Morgan fingerprint density at radius 3 is 2.62 bits per heavy atom. The molecule has 3 heterocycles. The van der Waals surface area contributed by atoms with Crippen molar-refractivity contribution in [3.05, 3.63) is 93.5 Å². The summed E-state index contributed by atoms with van der Waals surface area (Å²) in [5, 5.41) is 2.56. The molecular formula is C19H15N7O3. The number of nitrogens with one attached hydrogen (secondary N) is 2. The molecule has 1 amide bonds. The second kappa shape index (κ2) is 7.35. The number of benzene rings is 1. The molecule has 144 valence electrons. The fourth-order valence-corrected chi connectivity index (χ4v) is 2.80. The molecule has 1 aromatic carbocycles. The molecule has 10 nitrogen and oxygen atoms in total. The van der Waals surface area contributed by atoms with Crippen molar-refractivity contribution in [1.29, 1.82) is 0 Å². The first kappa shape index (κ1) is 18.0. The third kappa shape index (κ3) is 3.46. The van der Waals surface area contributed by atoms with E-state index in [1.165, 1.54) is 6.33 Å². The summed E-state index contributed by atoms with van der Waals surface area (Å²) in [7, 11) is 0. The van der Waals surface area contributed by atoms with E-state index in [2.05, 4.69) is 25.3 Å². The minimum Gasteiger partial charge on any atom is -0.313 e. The van der Waals surface area contributed by atoms with Gasteiger partial charge in [0.25, 0.3) is 11.5 Å². The zero-order chi connectivity index (χ0) is 20.4. The number of H-pyrrole nitrogens is 1. The van der Waals surface area contributed by atoms with E-state index in [4.69, 9.17) is 0 Å². The first-order valence-electron chi connectivity index (χ1n) is 8.58. The zero-order valence-corrected chi connectivity index (χ0v) is 15.2. The van der Waals surface area contributed by atoms with Crippen LogP contribution in [-0.2, 0) is 0 Å². The Labute approximate surface area is 163 Å². The van der Waals surface area contributed by atoms with Gasteiger partial charge in [0.05, 0.1) is 5.69 Å². The summed E-state index contributed by atoms with van der Waals surface area (Å²) in [5.74, 6) is 0.716. The molecule has 0 unspecified atom stereocenters. The van der Waals surface area contributed by atoms with Gasteiger partial charge in [-0.05, 0) is 19.1 Å². The SMILES string of the molecule is Cc1nccn1-c1cc(NC(=O)c2c[nH]c(=O)n(-c3ccccc3)c2=O)ncn1. The van der Waals surface area contributed by atoms with Crippen molar-refractivity contribution in [1.82, 2.24) is 29.1 Å². The molecule has 0 bridgehead atoms.